The lowest BCUT2D eigenvalue weighted by molar-refractivity contribution is -0.200. The van der Waals surface area contributed by atoms with E-state index < -0.39 is 11.0 Å². The fourth-order valence-electron chi connectivity index (χ4n) is 8.77. The molecule has 6 nitrogen and oxygen atoms in total. The molecule has 2 saturated carbocycles. The molecule has 3 aliphatic heterocycles. The Morgan fingerprint density at radius 3 is 2.71 bits per heavy atom. The van der Waals surface area contributed by atoms with Crippen molar-refractivity contribution >= 4 is 5.91 Å². The number of aromatic hydroxyl groups is 1. The zero-order chi connectivity index (χ0) is 25.6. The number of rotatable bonds is 5. The summed E-state index contributed by atoms with van der Waals surface area (Å²) in [6.07, 6.45) is 8.82. The Bertz CT molecular complexity index is 1340. The quantitative estimate of drug-likeness (QED) is 0.598. The number of piperidine rings is 1. The summed E-state index contributed by atoms with van der Waals surface area (Å²) in [5.41, 5.74) is 2.82. The minimum atomic E-state index is -0.915. The van der Waals surface area contributed by atoms with Crippen LogP contribution in [-0.4, -0.2) is 69.3 Å². The van der Waals surface area contributed by atoms with Gasteiger partial charge < -0.3 is 19.8 Å². The van der Waals surface area contributed by atoms with Crippen LogP contribution in [0.5, 0.6) is 11.5 Å². The van der Waals surface area contributed by atoms with Gasteiger partial charge in [0.25, 0.3) is 0 Å². The van der Waals surface area contributed by atoms with Crippen molar-refractivity contribution in [1.82, 2.24) is 9.80 Å². The van der Waals surface area contributed by atoms with Crippen molar-refractivity contribution in [2.45, 2.75) is 80.6 Å². The van der Waals surface area contributed by atoms with Crippen LogP contribution >= 0.6 is 0 Å². The molecule has 0 aromatic heterocycles. The van der Waals surface area contributed by atoms with Gasteiger partial charge in [-0.15, -0.1) is 0 Å². The molecular weight excluding hydrogens is 476 g/mol. The molecular formula is C32H36N2O4. The Morgan fingerprint density at radius 2 is 1.89 bits per heavy atom. The third kappa shape index (κ3) is 3.05. The number of hydrogen-bond acceptors (Lipinski definition) is 5. The minimum absolute atomic E-state index is 0.0579. The number of hydrogen-bond donors (Lipinski definition) is 2. The molecule has 0 radical (unpaired) electrons. The van der Waals surface area contributed by atoms with Crippen molar-refractivity contribution in [1.29, 1.82) is 0 Å². The summed E-state index contributed by atoms with van der Waals surface area (Å²) in [6, 6.07) is 14.0. The fraction of sp³-hybridized carbons (Fsp3) is 0.531. The Labute approximate surface area is 223 Å². The Balaban J connectivity index is 1.15. The molecule has 3 aliphatic carbocycles. The van der Waals surface area contributed by atoms with Gasteiger partial charge >= 0.3 is 0 Å². The van der Waals surface area contributed by atoms with E-state index in [1.165, 1.54) is 24.0 Å². The van der Waals surface area contributed by atoms with Gasteiger partial charge in [0.05, 0.1) is 17.1 Å². The number of aliphatic hydroxyl groups is 1. The number of allylic oxidation sites excluding steroid dienone is 1. The lowest BCUT2D eigenvalue weighted by Gasteiger charge is -2.64. The van der Waals surface area contributed by atoms with Crippen LogP contribution < -0.4 is 4.74 Å². The van der Waals surface area contributed by atoms with Gasteiger partial charge in [-0.25, -0.2) is 0 Å². The highest BCUT2D eigenvalue weighted by molar-refractivity contribution is 5.96. The Hall–Kier alpha value is -2.83. The van der Waals surface area contributed by atoms with Crippen molar-refractivity contribution in [3.05, 3.63) is 70.8 Å². The molecule has 1 amide bonds. The van der Waals surface area contributed by atoms with Gasteiger partial charge in [0.15, 0.2) is 11.5 Å². The van der Waals surface area contributed by atoms with Crippen molar-refractivity contribution in [2.75, 3.05) is 19.6 Å². The topological polar surface area (TPSA) is 73.2 Å². The van der Waals surface area contributed by atoms with E-state index in [1.54, 1.807) is 6.07 Å². The first-order chi connectivity index (χ1) is 18.5. The number of amides is 1. The molecule has 6 aliphatic rings. The second-order valence-electron chi connectivity index (χ2n) is 12.6. The molecule has 198 valence electrons. The van der Waals surface area contributed by atoms with Crippen molar-refractivity contribution in [2.24, 2.45) is 5.92 Å². The number of carbonyl (C=O) groups is 1. The van der Waals surface area contributed by atoms with Crippen LogP contribution in [0.2, 0.25) is 0 Å². The van der Waals surface area contributed by atoms with Gasteiger partial charge in [-0.1, -0.05) is 42.5 Å². The average molecular weight is 513 g/mol. The zero-order valence-corrected chi connectivity index (χ0v) is 21.8. The van der Waals surface area contributed by atoms with E-state index in [4.69, 9.17) is 4.74 Å². The second kappa shape index (κ2) is 8.09. The van der Waals surface area contributed by atoms with Crippen LogP contribution in [0, 0.1) is 5.92 Å². The van der Waals surface area contributed by atoms with E-state index in [0.717, 1.165) is 62.2 Å². The first kappa shape index (κ1) is 23.1. The molecule has 4 fully saturated rings. The maximum atomic E-state index is 13.7. The molecule has 38 heavy (non-hydrogen) atoms. The van der Waals surface area contributed by atoms with E-state index in [0.29, 0.717) is 18.7 Å². The molecule has 8 rings (SSSR count). The second-order valence-corrected chi connectivity index (χ2v) is 12.6. The van der Waals surface area contributed by atoms with E-state index in [-0.39, 0.29) is 29.8 Å². The molecule has 6 heteroatoms. The Morgan fingerprint density at radius 1 is 1.05 bits per heavy atom. The molecule has 5 atom stereocenters. The van der Waals surface area contributed by atoms with E-state index in [1.807, 2.05) is 29.2 Å². The summed E-state index contributed by atoms with van der Waals surface area (Å²) in [7, 11) is 0. The molecule has 2 N–H and O–H groups in total. The van der Waals surface area contributed by atoms with Crippen molar-refractivity contribution in [3.8, 4) is 11.5 Å². The van der Waals surface area contributed by atoms with Crippen LogP contribution in [0.15, 0.2) is 54.1 Å². The van der Waals surface area contributed by atoms with E-state index in [2.05, 4.69) is 23.1 Å². The summed E-state index contributed by atoms with van der Waals surface area (Å²) in [5.74, 6) is 1.58. The van der Waals surface area contributed by atoms with Gasteiger partial charge in [-0.2, -0.15) is 0 Å². The lowest BCUT2D eigenvalue weighted by Crippen LogP contribution is -2.78. The van der Waals surface area contributed by atoms with Crippen molar-refractivity contribution < 1.29 is 19.7 Å². The van der Waals surface area contributed by atoms with Gasteiger partial charge in [0, 0.05) is 30.3 Å². The molecule has 0 unspecified atom stereocenters. The predicted molar refractivity (Wildman–Crippen MR) is 143 cm³/mol. The van der Waals surface area contributed by atoms with Gasteiger partial charge in [0.1, 0.15) is 6.10 Å². The van der Waals surface area contributed by atoms with Gasteiger partial charge in [0.2, 0.25) is 5.91 Å². The van der Waals surface area contributed by atoms with Crippen LogP contribution in [0.1, 0.15) is 55.2 Å². The number of benzene rings is 2. The predicted octanol–water partition coefficient (Wildman–Crippen LogP) is 3.73. The normalized spacial score (nSPS) is 36.4. The highest BCUT2D eigenvalue weighted by Gasteiger charge is 2.73. The maximum absolute atomic E-state index is 13.7. The SMILES string of the molecule is O=C1C(=CCc2ccccc2)CCN1[C@@H]1CC[C@@]2(O)[C@H]3Cc4ccc(O)c5c4[C@@]2(CCN3CC2CC2)[C@H]1O5. The third-order valence-corrected chi connectivity index (χ3v) is 10.7. The maximum Gasteiger partial charge on any atom is 0.249 e. The van der Waals surface area contributed by atoms with Gasteiger partial charge in [-0.05, 0) is 81.0 Å². The number of phenols is 1. The van der Waals surface area contributed by atoms with Crippen molar-refractivity contribution in [3.63, 3.8) is 0 Å². The van der Waals surface area contributed by atoms with E-state index in [9.17, 15) is 15.0 Å². The monoisotopic (exact) mass is 512 g/mol. The zero-order valence-electron chi connectivity index (χ0n) is 21.8. The summed E-state index contributed by atoms with van der Waals surface area (Å²) >= 11 is 0. The van der Waals surface area contributed by atoms with Crippen LogP contribution in [0.3, 0.4) is 0 Å². The standard InChI is InChI=1S/C32H36N2O4/c35-25-11-10-23-18-26-32(37)14-12-24(34-16-13-22(30(34)36)9-8-20-4-2-1-3-5-20)29-31(32,27(23)28(25)38-29)15-17-33(26)19-21-6-7-21/h1-5,9-11,21,24,26,29,35,37H,6-8,12-19H2/t24-,26-,29+,31+,32-/m1/s1. The average Bonchev–Trinajstić information content (AvgIpc) is 3.56. The first-order valence-corrected chi connectivity index (χ1v) is 14.5. The number of likely N-dealkylation sites (tertiary alicyclic amines) is 2. The molecule has 3 heterocycles. The number of ether oxygens (including phenoxy) is 1. The number of carbonyl (C=O) groups excluding carboxylic acids is 1. The van der Waals surface area contributed by atoms with E-state index >= 15 is 0 Å². The molecule has 2 aromatic carbocycles. The molecule has 2 aromatic rings. The fourth-order valence-corrected chi connectivity index (χ4v) is 8.77. The smallest absolute Gasteiger partial charge is 0.249 e. The summed E-state index contributed by atoms with van der Waals surface area (Å²) in [6.45, 7) is 2.68. The van der Waals surface area contributed by atoms with Crippen LogP contribution in [-0.2, 0) is 23.1 Å². The third-order valence-electron chi connectivity index (χ3n) is 10.7. The highest BCUT2D eigenvalue weighted by atomic mass is 16.5. The minimum Gasteiger partial charge on any atom is -0.504 e. The van der Waals surface area contributed by atoms with Crippen LogP contribution in [0.25, 0.3) is 0 Å². The van der Waals surface area contributed by atoms with Gasteiger partial charge in [-0.3, -0.25) is 9.69 Å². The summed E-state index contributed by atoms with van der Waals surface area (Å²) in [5, 5.41) is 23.6. The molecule has 2 bridgehead atoms. The lowest BCUT2D eigenvalue weighted by atomic mass is 9.48. The molecule has 1 spiro atoms. The molecule has 2 saturated heterocycles. The summed E-state index contributed by atoms with van der Waals surface area (Å²) < 4.78 is 6.70. The Kier molecular flexibility index (Phi) is 4.92. The largest absolute Gasteiger partial charge is 0.504 e. The number of nitrogens with zero attached hydrogens (tertiary/aromatic N) is 2. The van der Waals surface area contributed by atoms with Crippen LogP contribution in [0.4, 0.5) is 0 Å². The number of phenolic OH excluding ortho intramolecular Hbond substituents is 1. The highest BCUT2D eigenvalue weighted by Crippen LogP contribution is 2.66. The summed E-state index contributed by atoms with van der Waals surface area (Å²) in [4.78, 5) is 18.3. The first-order valence-electron chi connectivity index (χ1n) is 14.5.